The molecule has 0 unspecified atom stereocenters. The van der Waals surface area contributed by atoms with Gasteiger partial charge in [-0.25, -0.2) is 15.0 Å². The molecule has 0 aliphatic carbocycles. The highest BCUT2D eigenvalue weighted by molar-refractivity contribution is 9.10. The Kier molecular flexibility index (Phi) is 5.50. The number of aromatic nitrogens is 4. The van der Waals surface area contributed by atoms with Gasteiger partial charge in [-0.05, 0) is 41.9 Å². The maximum Gasteiger partial charge on any atom is 0.263 e. The van der Waals surface area contributed by atoms with Crippen LogP contribution in [-0.4, -0.2) is 38.6 Å². The number of rotatable bonds is 5. The summed E-state index contributed by atoms with van der Waals surface area (Å²) in [5, 5.41) is 3.12. The van der Waals surface area contributed by atoms with Gasteiger partial charge < -0.3 is 10.1 Å². The molecule has 8 nitrogen and oxygen atoms in total. The second kappa shape index (κ2) is 7.83. The minimum atomic E-state index is -0.349. The fourth-order valence-corrected chi connectivity index (χ4v) is 2.95. The maximum absolute atomic E-state index is 13.1. The Labute approximate surface area is 163 Å². The Morgan fingerprint density at radius 1 is 1.33 bits per heavy atom. The molecule has 9 heteroatoms. The number of nitrogens with one attached hydrogen (secondary N) is 1. The summed E-state index contributed by atoms with van der Waals surface area (Å²) < 4.78 is 7.15. The second-order valence-corrected chi connectivity index (χ2v) is 7.08. The van der Waals surface area contributed by atoms with Gasteiger partial charge in [0.2, 0.25) is 11.8 Å². The molecule has 3 heterocycles. The number of hydrogen-bond donors (Lipinski definition) is 1. The van der Waals surface area contributed by atoms with Gasteiger partial charge in [0, 0.05) is 34.5 Å². The van der Waals surface area contributed by atoms with Crippen LogP contribution in [0.1, 0.15) is 13.8 Å². The fraction of sp³-hybridized carbons (Fsp3) is 0.278. The van der Waals surface area contributed by atoms with Crippen molar-refractivity contribution in [2.75, 3.05) is 7.11 Å². The topological polar surface area (TPSA) is 99.0 Å². The van der Waals surface area contributed by atoms with Crippen LogP contribution in [-0.2, 0) is 11.3 Å². The molecular formula is C18H18BrN5O3. The number of fused-ring (bicyclic) bond motifs is 1. The maximum atomic E-state index is 13.1. The minimum absolute atomic E-state index is 0.0399. The van der Waals surface area contributed by atoms with Gasteiger partial charge in [-0.15, -0.1) is 0 Å². The molecule has 0 aliphatic rings. The molecule has 1 amide bonds. The number of nitrogens with zero attached hydrogens (tertiary/aromatic N) is 4. The lowest BCUT2D eigenvalue weighted by Crippen LogP contribution is -2.37. The van der Waals surface area contributed by atoms with Gasteiger partial charge in [-0.3, -0.25) is 14.2 Å². The summed E-state index contributed by atoms with van der Waals surface area (Å²) in [6, 6.07) is 4.96. The van der Waals surface area contributed by atoms with Crippen LogP contribution in [0.4, 0.5) is 0 Å². The Morgan fingerprint density at radius 3 is 2.81 bits per heavy atom. The SMILES string of the molecule is COc1cc(-c2nc3ncc(Br)cc3c(=O)n2CC(=O)NC(C)C)ccn1. The van der Waals surface area contributed by atoms with Crippen LogP contribution in [0, 0.1) is 0 Å². The Morgan fingerprint density at radius 2 is 2.11 bits per heavy atom. The van der Waals surface area contributed by atoms with E-state index in [0.717, 1.165) is 0 Å². The predicted octanol–water partition coefficient (Wildman–Crippen LogP) is 2.15. The lowest BCUT2D eigenvalue weighted by Gasteiger charge is -2.15. The van der Waals surface area contributed by atoms with Crippen molar-refractivity contribution in [2.24, 2.45) is 0 Å². The third-order valence-electron chi connectivity index (χ3n) is 3.73. The van der Waals surface area contributed by atoms with E-state index in [0.29, 0.717) is 32.8 Å². The second-order valence-electron chi connectivity index (χ2n) is 6.16. The van der Waals surface area contributed by atoms with Gasteiger partial charge in [-0.1, -0.05) is 0 Å². The third kappa shape index (κ3) is 4.13. The van der Waals surface area contributed by atoms with Gasteiger partial charge in [0.1, 0.15) is 12.4 Å². The molecule has 0 saturated heterocycles. The quantitative estimate of drug-likeness (QED) is 0.664. The van der Waals surface area contributed by atoms with E-state index in [1.807, 2.05) is 13.8 Å². The molecule has 0 aliphatic heterocycles. The number of carbonyl (C=O) groups is 1. The largest absolute Gasteiger partial charge is 0.481 e. The van der Waals surface area contributed by atoms with Crippen LogP contribution in [0.5, 0.6) is 5.88 Å². The predicted molar refractivity (Wildman–Crippen MR) is 105 cm³/mol. The number of methoxy groups -OCH3 is 1. The lowest BCUT2D eigenvalue weighted by molar-refractivity contribution is -0.122. The molecule has 0 bridgehead atoms. The molecule has 0 fully saturated rings. The zero-order chi connectivity index (χ0) is 19.6. The van der Waals surface area contributed by atoms with E-state index < -0.39 is 0 Å². The number of carbonyl (C=O) groups excluding carboxylic acids is 1. The molecule has 140 valence electrons. The number of ether oxygens (including phenoxy) is 1. The van der Waals surface area contributed by atoms with Crippen LogP contribution in [0.2, 0.25) is 0 Å². The van der Waals surface area contributed by atoms with Crippen molar-refractivity contribution in [3.8, 4) is 17.3 Å². The van der Waals surface area contributed by atoms with Crippen molar-refractivity contribution < 1.29 is 9.53 Å². The van der Waals surface area contributed by atoms with Gasteiger partial charge in [0.15, 0.2) is 5.65 Å². The number of halogens is 1. The number of pyridine rings is 2. The van der Waals surface area contributed by atoms with Crippen molar-refractivity contribution >= 4 is 32.9 Å². The van der Waals surface area contributed by atoms with E-state index in [1.165, 1.54) is 11.7 Å². The van der Waals surface area contributed by atoms with Crippen LogP contribution >= 0.6 is 15.9 Å². The van der Waals surface area contributed by atoms with Crippen LogP contribution in [0.25, 0.3) is 22.4 Å². The highest BCUT2D eigenvalue weighted by atomic mass is 79.9. The van der Waals surface area contributed by atoms with Crippen molar-refractivity contribution in [1.29, 1.82) is 0 Å². The molecule has 1 N–H and O–H groups in total. The molecule has 3 aromatic rings. The Balaban J connectivity index is 2.23. The van der Waals surface area contributed by atoms with Gasteiger partial charge in [0.25, 0.3) is 5.56 Å². The fourth-order valence-electron chi connectivity index (χ4n) is 2.62. The summed E-state index contributed by atoms with van der Waals surface area (Å²) in [6.45, 7) is 3.55. The third-order valence-corrected chi connectivity index (χ3v) is 4.16. The zero-order valence-corrected chi connectivity index (χ0v) is 16.6. The normalized spacial score (nSPS) is 11.0. The summed E-state index contributed by atoms with van der Waals surface area (Å²) in [5.74, 6) is 0.421. The van der Waals surface area contributed by atoms with E-state index in [-0.39, 0.29) is 24.1 Å². The Bertz CT molecular complexity index is 1060. The molecule has 0 saturated carbocycles. The Hall–Kier alpha value is -2.81. The van der Waals surface area contributed by atoms with E-state index >= 15 is 0 Å². The van der Waals surface area contributed by atoms with Crippen LogP contribution < -0.4 is 15.6 Å². The summed E-state index contributed by atoms with van der Waals surface area (Å²) in [4.78, 5) is 38.2. The smallest absolute Gasteiger partial charge is 0.263 e. The molecular weight excluding hydrogens is 414 g/mol. The monoisotopic (exact) mass is 431 g/mol. The lowest BCUT2D eigenvalue weighted by atomic mass is 10.2. The molecule has 0 aromatic carbocycles. The first-order chi connectivity index (χ1) is 12.9. The van der Waals surface area contributed by atoms with E-state index in [9.17, 15) is 9.59 Å². The van der Waals surface area contributed by atoms with Crippen molar-refractivity contribution in [3.63, 3.8) is 0 Å². The van der Waals surface area contributed by atoms with E-state index in [2.05, 4.69) is 36.2 Å². The molecule has 3 rings (SSSR count). The molecule has 27 heavy (non-hydrogen) atoms. The first-order valence-corrected chi connectivity index (χ1v) is 9.04. The highest BCUT2D eigenvalue weighted by Gasteiger charge is 2.17. The van der Waals surface area contributed by atoms with Crippen molar-refractivity contribution in [2.45, 2.75) is 26.4 Å². The first-order valence-electron chi connectivity index (χ1n) is 8.25. The highest BCUT2D eigenvalue weighted by Crippen LogP contribution is 2.22. The molecule has 0 radical (unpaired) electrons. The van der Waals surface area contributed by atoms with Gasteiger partial charge >= 0.3 is 0 Å². The minimum Gasteiger partial charge on any atom is -0.481 e. The summed E-state index contributed by atoms with van der Waals surface area (Å²) >= 11 is 3.31. The van der Waals surface area contributed by atoms with Crippen LogP contribution in [0.3, 0.4) is 0 Å². The number of hydrogen-bond acceptors (Lipinski definition) is 6. The summed E-state index contributed by atoms with van der Waals surface area (Å²) in [6.07, 6.45) is 3.12. The van der Waals surface area contributed by atoms with Gasteiger partial charge in [-0.2, -0.15) is 0 Å². The molecule has 3 aromatic heterocycles. The van der Waals surface area contributed by atoms with Gasteiger partial charge in [0.05, 0.1) is 12.5 Å². The van der Waals surface area contributed by atoms with E-state index in [4.69, 9.17) is 4.74 Å². The first kappa shape index (κ1) is 19.0. The molecule has 0 spiro atoms. The average Bonchev–Trinajstić information content (AvgIpc) is 2.63. The summed E-state index contributed by atoms with van der Waals surface area (Å²) in [7, 11) is 1.50. The molecule has 0 atom stereocenters. The van der Waals surface area contributed by atoms with Crippen LogP contribution in [0.15, 0.2) is 39.9 Å². The summed E-state index contributed by atoms with van der Waals surface area (Å²) in [5.41, 5.74) is 0.552. The zero-order valence-electron chi connectivity index (χ0n) is 15.1. The number of amides is 1. The van der Waals surface area contributed by atoms with Crippen molar-refractivity contribution in [1.82, 2.24) is 24.8 Å². The van der Waals surface area contributed by atoms with E-state index in [1.54, 1.807) is 30.6 Å². The standard InChI is InChI=1S/C18H18BrN5O3/c1-10(2)22-14(25)9-24-17(11-4-5-20-15(6-11)27-3)23-16-13(18(24)26)7-12(19)8-21-16/h4-8,10H,9H2,1-3H3,(H,22,25). The van der Waals surface area contributed by atoms with Crippen molar-refractivity contribution in [3.05, 3.63) is 45.4 Å². The average molecular weight is 432 g/mol.